The number of fused-ring (bicyclic) bond motifs is 1. The molecule has 0 aliphatic heterocycles. The predicted octanol–water partition coefficient (Wildman–Crippen LogP) is 4.10. The Bertz CT molecular complexity index is 951. The summed E-state index contributed by atoms with van der Waals surface area (Å²) in [5, 5.41) is 4.90. The van der Waals surface area contributed by atoms with Crippen LogP contribution in [0, 0.1) is 6.92 Å². The lowest BCUT2D eigenvalue weighted by molar-refractivity contribution is 0.0956. The van der Waals surface area contributed by atoms with Gasteiger partial charge in [0.05, 0.1) is 23.9 Å². The summed E-state index contributed by atoms with van der Waals surface area (Å²) in [5.74, 6) is 0.479. The van der Waals surface area contributed by atoms with Gasteiger partial charge in [0.25, 0.3) is 5.91 Å². The van der Waals surface area contributed by atoms with E-state index in [1.165, 1.54) is 0 Å². The highest BCUT2D eigenvalue weighted by Gasteiger charge is 2.11. The van der Waals surface area contributed by atoms with Gasteiger partial charge in [0.2, 0.25) is 0 Å². The second-order valence-corrected chi connectivity index (χ2v) is 5.91. The van der Waals surface area contributed by atoms with Crippen LogP contribution in [-0.2, 0) is 0 Å². The number of nitrogens with zero attached hydrogens (tertiary/aromatic N) is 2. The molecule has 5 nitrogen and oxygen atoms in total. The number of rotatable bonds is 6. The van der Waals surface area contributed by atoms with Crippen molar-refractivity contribution in [2.75, 3.05) is 6.61 Å². The number of amides is 1. The van der Waals surface area contributed by atoms with Crippen LogP contribution in [-0.4, -0.2) is 23.7 Å². The van der Waals surface area contributed by atoms with E-state index in [0.29, 0.717) is 12.2 Å². The Labute approximate surface area is 152 Å². The van der Waals surface area contributed by atoms with Crippen molar-refractivity contribution in [3.8, 4) is 5.75 Å². The van der Waals surface area contributed by atoms with Crippen LogP contribution < -0.4 is 10.2 Å². The van der Waals surface area contributed by atoms with Crippen molar-refractivity contribution in [2.45, 2.75) is 20.3 Å². The van der Waals surface area contributed by atoms with Gasteiger partial charge in [-0.2, -0.15) is 5.10 Å². The summed E-state index contributed by atoms with van der Waals surface area (Å²) in [7, 11) is 0. The first-order valence-electron chi connectivity index (χ1n) is 8.60. The molecule has 0 aliphatic rings. The lowest BCUT2D eigenvalue weighted by atomic mass is 10.1. The predicted molar refractivity (Wildman–Crippen MR) is 104 cm³/mol. The number of hydrogen-bond donors (Lipinski definition) is 1. The molecule has 0 radical (unpaired) electrons. The van der Waals surface area contributed by atoms with E-state index in [1.807, 2.05) is 55.5 Å². The molecule has 0 bridgehead atoms. The minimum atomic E-state index is -0.269. The Morgan fingerprint density at radius 2 is 1.96 bits per heavy atom. The average Bonchev–Trinajstić information content (AvgIpc) is 2.66. The van der Waals surface area contributed by atoms with Gasteiger partial charge in [0, 0.05) is 16.6 Å². The molecule has 0 saturated carbocycles. The van der Waals surface area contributed by atoms with Crippen LogP contribution in [0.3, 0.4) is 0 Å². The third-order valence-corrected chi connectivity index (χ3v) is 3.84. The van der Waals surface area contributed by atoms with Gasteiger partial charge in [-0.25, -0.2) is 5.43 Å². The lowest BCUT2D eigenvalue weighted by Gasteiger charge is -2.08. The van der Waals surface area contributed by atoms with Crippen LogP contribution in [0.15, 0.2) is 59.7 Å². The highest BCUT2D eigenvalue weighted by Crippen LogP contribution is 2.18. The average molecular weight is 347 g/mol. The number of pyridine rings is 1. The largest absolute Gasteiger partial charge is 0.493 e. The highest BCUT2D eigenvalue weighted by atomic mass is 16.5. The molecule has 26 heavy (non-hydrogen) atoms. The van der Waals surface area contributed by atoms with Gasteiger partial charge >= 0.3 is 0 Å². The zero-order chi connectivity index (χ0) is 18.4. The minimum Gasteiger partial charge on any atom is -0.493 e. The van der Waals surface area contributed by atoms with Crippen LogP contribution in [0.2, 0.25) is 0 Å². The summed E-state index contributed by atoms with van der Waals surface area (Å²) < 4.78 is 5.69. The van der Waals surface area contributed by atoms with Crippen LogP contribution in [0.1, 0.15) is 35.0 Å². The van der Waals surface area contributed by atoms with Crippen LogP contribution in [0.5, 0.6) is 5.75 Å². The Kier molecular flexibility index (Phi) is 5.59. The Morgan fingerprint density at radius 3 is 2.81 bits per heavy atom. The van der Waals surface area contributed by atoms with Gasteiger partial charge in [-0.05, 0) is 37.6 Å². The molecule has 132 valence electrons. The lowest BCUT2D eigenvalue weighted by Crippen LogP contribution is -2.18. The summed E-state index contributed by atoms with van der Waals surface area (Å²) in [5.41, 5.74) is 5.55. The van der Waals surface area contributed by atoms with E-state index in [-0.39, 0.29) is 5.91 Å². The van der Waals surface area contributed by atoms with Crippen molar-refractivity contribution in [3.05, 3.63) is 71.4 Å². The third kappa shape index (κ3) is 4.06. The number of nitrogens with one attached hydrogen (secondary N) is 1. The van der Waals surface area contributed by atoms with Crippen molar-refractivity contribution < 1.29 is 9.53 Å². The molecule has 3 rings (SSSR count). The molecular weight excluding hydrogens is 326 g/mol. The normalized spacial score (nSPS) is 11.0. The molecule has 3 aromatic rings. The second-order valence-electron chi connectivity index (χ2n) is 5.91. The molecule has 1 amide bonds. The Morgan fingerprint density at radius 1 is 1.19 bits per heavy atom. The van der Waals surface area contributed by atoms with Crippen molar-refractivity contribution in [1.82, 2.24) is 10.4 Å². The number of ether oxygens (including phenoxy) is 1. The molecule has 0 saturated heterocycles. The molecule has 0 fully saturated rings. The number of aryl methyl sites for hydroxylation is 1. The van der Waals surface area contributed by atoms with Gasteiger partial charge in [-0.1, -0.05) is 37.3 Å². The number of carbonyl (C=O) groups is 1. The minimum absolute atomic E-state index is 0.269. The van der Waals surface area contributed by atoms with Crippen LogP contribution in [0.25, 0.3) is 10.9 Å². The highest BCUT2D eigenvalue weighted by molar-refractivity contribution is 6.06. The molecule has 0 spiro atoms. The summed E-state index contributed by atoms with van der Waals surface area (Å²) in [6.07, 6.45) is 2.52. The molecule has 0 atom stereocenters. The first-order chi connectivity index (χ1) is 12.7. The zero-order valence-electron chi connectivity index (χ0n) is 14.9. The van der Waals surface area contributed by atoms with Gasteiger partial charge in [-0.15, -0.1) is 0 Å². The molecule has 0 unspecified atom stereocenters. The standard InChI is InChI=1S/C21H21N3O2/c1-3-12-26-20-11-7-4-8-16(20)14-22-24-21(25)18-13-15(2)23-19-10-6-5-9-17(18)19/h4-11,13-14H,3,12H2,1-2H3,(H,24,25). The fraction of sp³-hybridized carbons (Fsp3) is 0.190. The number of benzene rings is 2. The number of hydrazone groups is 1. The van der Waals surface area contributed by atoms with E-state index in [4.69, 9.17) is 4.74 Å². The number of carbonyl (C=O) groups excluding carboxylic acids is 1. The zero-order valence-corrected chi connectivity index (χ0v) is 14.9. The SMILES string of the molecule is CCCOc1ccccc1C=NNC(=O)c1cc(C)nc2ccccc12. The van der Waals surface area contributed by atoms with Crippen molar-refractivity contribution in [2.24, 2.45) is 5.10 Å². The quantitative estimate of drug-likeness (QED) is 0.539. The fourth-order valence-corrected chi connectivity index (χ4v) is 2.65. The van der Waals surface area contributed by atoms with Crippen LogP contribution >= 0.6 is 0 Å². The van der Waals surface area contributed by atoms with E-state index in [0.717, 1.165) is 34.3 Å². The molecule has 2 aromatic carbocycles. The number of aromatic nitrogens is 1. The van der Waals surface area contributed by atoms with E-state index in [9.17, 15) is 4.79 Å². The number of hydrogen-bond acceptors (Lipinski definition) is 4. The smallest absolute Gasteiger partial charge is 0.272 e. The van der Waals surface area contributed by atoms with Crippen molar-refractivity contribution in [3.63, 3.8) is 0 Å². The van der Waals surface area contributed by atoms with E-state index in [1.54, 1.807) is 12.3 Å². The Balaban J connectivity index is 1.79. The maximum Gasteiger partial charge on any atom is 0.272 e. The van der Waals surface area contributed by atoms with Crippen molar-refractivity contribution >= 4 is 23.0 Å². The van der Waals surface area contributed by atoms with Gasteiger partial charge in [0.1, 0.15) is 5.75 Å². The molecular formula is C21H21N3O2. The van der Waals surface area contributed by atoms with Gasteiger partial charge in [-0.3, -0.25) is 9.78 Å². The van der Waals surface area contributed by atoms with E-state index in [2.05, 4.69) is 22.4 Å². The first kappa shape index (κ1) is 17.6. The summed E-state index contributed by atoms with van der Waals surface area (Å²) >= 11 is 0. The van der Waals surface area contributed by atoms with Crippen molar-refractivity contribution in [1.29, 1.82) is 0 Å². The summed E-state index contributed by atoms with van der Waals surface area (Å²) in [6.45, 7) is 4.56. The summed E-state index contributed by atoms with van der Waals surface area (Å²) in [4.78, 5) is 17.0. The topological polar surface area (TPSA) is 63.6 Å². The van der Waals surface area contributed by atoms with E-state index < -0.39 is 0 Å². The monoisotopic (exact) mass is 347 g/mol. The second kappa shape index (κ2) is 8.25. The molecule has 1 aromatic heterocycles. The third-order valence-electron chi connectivity index (χ3n) is 3.84. The van der Waals surface area contributed by atoms with Gasteiger partial charge in [0.15, 0.2) is 0 Å². The fourth-order valence-electron chi connectivity index (χ4n) is 2.65. The first-order valence-corrected chi connectivity index (χ1v) is 8.60. The van der Waals surface area contributed by atoms with Gasteiger partial charge < -0.3 is 4.74 Å². The maximum absolute atomic E-state index is 12.6. The Hall–Kier alpha value is -3.21. The maximum atomic E-state index is 12.6. The molecule has 1 heterocycles. The van der Waals surface area contributed by atoms with Crippen LogP contribution in [0.4, 0.5) is 0 Å². The molecule has 5 heteroatoms. The number of para-hydroxylation sites is 2. The van der Waals surface area contributed by atoms with E-state index >= 15 is 0 Å². The summed E-state index contributed by atoms with van der Waals surface area (Å²) in [6, 6.07) is 16.9. The molecule has 1 N–H and O–H groups in total. The molecule has 0 aliphatic carbocycles.